The maximum absolute atomic E-state index is 12.4. The van der Waals surface area contributed by atoms with E-state index >= 15 is 0 Å². The van der Waals surface area contributed by atoms with Crippen LogP contribution in [0.5, 0.6) is 11.5 Å². The predicted octanol–water partition coefficient (Wildman–Crippen LogP) is 3.58. The second-order valence-corrected chi connectivity index (χ2v) is 6.34. The van der Waals surface area contributed by atoms with Crippen LogP contribution >= 0.6 is 0 Å². The maximum atomic E-state index is 12.4. The lowest BCUT2D eigenvalue weighted by Gasteiger charge is -2.18. The smallest absolute Gasteiger partial charge is 0.387 e. The molecule has 0 unspecified atom stereocenters. The topological polar surface area (TPSA) is 93.9 Å². The number of ether oxygens (including phenoxy) is 2. The van der Waals surface area contributed by atoms with Gasteiger partial charge in [-0.25, -0.2) is 0 Å². The minimum Gasteiger partial charge on any atom is -0.493 e. The molecule has 0 radical (unpaired) electrons. The number of hydrogen-bond donors (Lipinski definition) is 1. The number of carbonyl (C=O) groups excluding carboxylic acids is 1. The van der Waals surface area contributed by atoms with Gasteiger partial charge < -0.3 is 14.8 Å². The first-order valence-corrected chi connectivity index (χ1v) is 8.54. The van der Waals surface area contributed by atoms with Crippen LogP contribution in [0.2, 0.25) is 0 Å². The number of nitro groups is 1. The number of hydrogen-bond acceptors (Lipinski definition) is 6. The van der Waals surface area contributed by atoms with Crippen molar-refractivity contribution < 1.29 is 28.0 Å². The van der Waals surface area contributed by atoms with E-state index in [1.165, 1.54) is 31.4 Å². The van der Waals surface area contributed by atoms with Gasteiger partial charge in [-0.2, -0.15) is 8.78 Å². The molecular formula is C19H21F2N3O5. The minimum absolute atomic E-state index is 0.0496. The molecule has 0 bridgehead atoms. The molecule has 0 saturated heterocycles. The summed E-state index contributed by atoms with van der Waals surface area (Å²) in [6.45, 7) is -0.878. The zero-order chi connectivity index (χ0) is 21.6. The molecule has 0 aliphatic rings. The van der Waals surface area contributed by atoms with E-state index in [9.17, 15) is 23.7 Å². The highest BCUT2D eigenvalue weighted by Crippen LogP contribution is 2.29. The van der Waals surface area contributed by atoms with Gasteiger partial charge in [-0.05, 0) is 43.3 Å². The van der Waals surface area contributed by atoms with Crippen LogP contribution in [0.15, 0.2) is 36.4 Å². The van der Waals surface area contributed by atoms with Gasteiger partial charge in [0.15, 0.2) is 11.5 Å². The van der Waals surface area contributed by atoms with Crippen LogP contribution in [0.25, 0.3) is 0 Å². The Balaban J connectivity index is 1.97. The van der Waals surface area contributed by atoms with Gasteiger partial charge in [0.2, 0.25) is 5.91 Å². The van der Waals surface area contributed by atoms with Gasteiger partial charge in [0.1, 0.15) is 0 Å². The van der Waals surface area contributed by atoms with E-state index in [2.05, 4.69) is 10.1 Å². The molecule has 2 aromatic rings. The number of aryl methyl sites for hydroxylation is 1. The van der Waals surface area contributed by atoms with Gasteiger partial charge in [0, 0.05) is 24.4 Å². The minimum atomic E-state index is -2.95. The molecule has 2 aromatic carbocycles. The molecule has 2 rings (SSSR count). The lowest BCUT2D eigenvalue weighted by molar-refractivity contribution is -0.384. The highest BCUT2D eigenvalue weighted by molar-refractivity contribution is 5.93. The van der Waals surface area contributed by atoms with Crippen LogP contribution in [0.4, 0.5) is 20.2 Å². The van der Waals surface area contributed by atoms with Crippen LogP contribution in [-0.4, -0.2) is 43.0 Å². The first kappa shape index (κ1) is 22.0. The largest absolute Gasteiger partial charge is 0.493 e. The van der Waals surface area contributed by atoms with Gasteiger partial charge in [-0.3, -0.25) is 19.8 Å². The van der Waals surface area contributed by atoms with Gasteiger partial charge >= 0.3 is 6.61 Å². The summed E-state index contributed by atoms with van der Waals surface area (Å²) < 4.78 is 34.2. The quantitative estimate of drug-likeness (QED) is 0.503. The number of nitro benzene ring substituents is 1. The molecule has 0 aliphatic carbocycles. The second kappa shape index (κ2) is 9.78. The van der Waals surface area contributed by atoms with Crippen molar-refractivity contribution in [2.24, 2.45) is 0 Å². The summed E-state index contributed by atoms with van der Waals surface area (Å²) in [5.41, 5.74) is 1.76. The summed E-state index contributed by atoms with van der Waals surface area (Å²) in [5, 5.41) is 13.5. The Morgan fingerprint density at radius 2 is 1.97 bits per heavy atom. The SMILES string of the molecule is COc1cc(CN(C)CC(=O)Nc2ccc([N+](=O)[O-])cc2C)ccc1OC(F)F. The van der Waals surface area contributed by atoms with Crippen molar-refractivity contribution in [3.8, 4) is 11.5 Å². The Morgan fingerprint density at radius 3 is 2.55 bits per heavy atom. The third-order valence-corrected chi connectivity index (χ3v) is 4.01. The number of carbonyl (C=O) groups is 1. The lowest BCUT2D eigenvalue weighted by Crippen LogP contribution is -2.30. The molecule has 1 N–H and O–H groups in total. The fraction of sp³-hybridized carbons (Fsp3) is 0.316. The molecule has 156 valence electrons. The van der Waals surface area contributed by atoms with E-state index in [-0.39, 0.29) is 29.6 Å². The van der Waals surface area contributed by atoms with Crippen molar-refractivity contribution in [1.82, 2.24) is 4.90 Å². The van der Waals surface area contributed by atoms with Crippen molar-refractivity contribution in [3.05, 3.63) is 57.6 Å². The average Bonchev–Trinajstić information content (AvgIpc) is 2.63. The summed E-state index contributed by atoms with van der Waals surface area (Å²) in [5.74, 6) is -0.198. The number of benzene rings is 2. The van der Waals surface area contributed by atoms with E-state index in [1.807, 2.05) is 0 Å². The van der Waals surface area contributed by atoms with Crippen molar-refractivity contribution in [3.63, 3.8) is 0 Å². The Labute approximate surface area is 166 Å². The molecule has 0 aromatic heterocycles. The summed E-state index contributed by atoms with van der Waals surface area (Å²) in [6, 6.07) is 8.74. The third-order valence-electron chi connectivity index (χ3n) is 4.01. The molecule has 0 fully saturated rings. The molecule has 10 heteroatoms. The second-order valence-electron chi connectivity index (χ2n) is 6.34. The number of anilines is 1. The zero-order valence-corrected chi connectivity index (χ0v) is 16.1. The Bertz CT molecular complexity index is 892. The number of likely N-dealkylation sites (N-methyl/N-ethyl adjacent to an activating group) is 1. The van der Waals surface area contributed by atoms with Crippen LogP contribution in [0.3, 0.4) is 0 Å². The molecule has 1 amide bonds. The molecule has 0 saturated carbocycles. The monoisotopic (exact) mass is 409 g/mol. The van der Waals surface area contributed by atoms with Crippen LogP contribution in [0.1, 0.15) is 11.1 Å². The number of nitrogens with zero attached hydrogens (tertiary/aromatic N) is 2. The van der Waals surface area contributed by atoms with E-state index < -0.39 is 11.5 Å². The normalized spacial score (nSPS) is 10.9. The summed E-state index contributed by atoms with van der Waals surface area (Å²) in [4.78, 5) is 24.3. The van der Waals surface area contributed by atoms with E-state index in [4.69, 9.17) is 4.74 Å². The van der Waals surface area contributed by atoms with E-state index in [0.717, 1.165) is 5.56 Å². The van der Waals surface area contributed by atoms with Gasteiger partial charge in [-0.1, -0.05) is 6.07 Å². The van der Waals surface area contributed by atoms with Crippen LogP contribution in [-0.2, 0) is 11.3 Å². The lowest BCUT2D eigenvalue weighted by atomic mass is 10.1. The molecule has 0 aliphatic heterocycles. The third kappa shape index (κ3) is 6.39. The van der Waals surface area contributed by atoms with Gasteiger partial charge in [0.25, 0.3) is 5.69 Å². The van der Waals surface area contributed by atoms with Crippen LogP contribution < -0.4 is 14.8 Å². The molecular weight excluding hydrogens is 388 g/mol. The molecule has 29 heavy (non-hydrogen) atoms. The van der Waals surface area contributed by atoms with E-state index in [1.54, 1.807) is 31.0 Å². The fourth-order valence-corrected chi connectivity index (χ4v) is 2.71. The van der Waals surface area contributed by atoms with Crippen LogP contribution in [0, 0.1) is 17.0 Å². The summed E-state index contributed by atoms with van der Waals surface area (Å²) in [7, 11) is 3.07. The number of amides is 1. The van der Waals surface area contributed by atoms with Crippen molar-refractivity contribution in [2.75, 3.05) is 26.0 Å². The number of halogens is 2. The molecule has 0 heterocycles. The van der Waals surface area contributed by atoms with Gasteiger partial charge in [0.05, 0.1) is 18.6 Å². The molecule has 8 nitrogen and oxygen atoms in total. The van der Waals surface area contributed by atoms with Crippen molar-refractivity contribution in [2.45, 2.75) is 20.1 Å². The summed E-state index contributed by atoms with van der Waals surface area (Å²) >= 11 is 0. The molecule has 0 atom stereocenters. The van der Waals surface area contributed by atoms with Crippen molar-refractivity contribution >= 4 is 17.3 Å². The Hall–Kier alpha value is -3.27. The average molecular weight is 409 g/mol. The fourth-order valence-electron chi connectivity index (χ4n) is 2.71. The number of non-ortho nitro benzene ring substituents is 1. The first-order chi connectivity index (χ1) is 13.7. The van der Waals surface area contributed by atoms with E-state index in [0.29, 0.717) is 17.8 Å². The Kier molecular flexibility index (Phi) is 7.43. The Morgan fingerprint density at radius 1 is 1.24 bits per heavy atom. The number of alkyl halides is 2. The number of rotatable bonds is 9. The molecule has 0 spiro atoms. The first-order valence-electron chi connectivity index (χ1n) is 8.54. The summed E-state index contributed by atoms with van der Waals surface area (Å²) in [6.07, 6.45) is 0. The standard InChI is InChI=1S/C19H21F2N3O5/c1-12-8-14(24(26)27)5-6-15(12)22-18(25)11-23(2)10-13-4-7-16(29-19(20)21)17(9-13)28-3/h4-9,19H,10-11H2,1-3H3,(H,22,25). The predicted molar refractivity (Wildman–Crippen MR) is 102 cm³/mol. The zero-order valence-electron chi connectivity index (χ0n) is 16.1. The van der Waals surface area contributed by atoms with Gasteiger partial charge in [-0.15, -0.1) is 0 Å². The van der Waals surface area contributed by atoms with Crippen molar-refractivity contribution in [1.29, 1.82) is 0 Å². The maximum Gasteiger partial charge on any atom is 0.387 e. The highest BCUT2D eigenvalue weighted by atomic mass is 19.3. The number of nitrogens with one attached hydrogen (secondary N) is 1. The number of methoxy groups -OCH3 is 1. The highest BCUT2D eigenvalue weighted by Gasteiger charge is 2.14.